The van der Waals surface area contributed by atoms with Gasteiger partial charge in [0.05, 0.1) is 22.0 Å². The molecule has 3 aromatic rings. The van der Waals surface area contributed by atoms with Crippen LogP contribution < -0.4 is 5.32 Å². The summed E-state index contributed by atoms with van der Waals surface area (Å²) in [6.45, 7) is 2.07. The number of terminal acetylenes is 1. The zero-order valence-electron chi connectivity index (χ0n) is 13.3. The van der Waals surface area contributed by atoms with E-state index in [2.05, 4.69) is 55.3 Å². The fourth-order valence-electron chi connectivity index (χ4n) is 2.18. The minimum atomic E-state index is -0.287. The van der Waals surface area contributed by atoms with Crippen molar-refractivity contribution in [2.75, 3.05) is 6.54 Å². The third-order valence-electron chi connectivity index (χ3n) is 3.43. The minimum absolute atomic E-state index is 0.0978. The predicted octanol–water partition coefficient (Wildman–Crippen LogP) is 4.35. The monoisotopic (exact) mass is 431 g/mol. The number of amides is 1. The van der Waals surface area contributed by atoms with Crippen molar-refractivity contribution in [1.29, 1.82) is 0 Å². The highest BCUT2D eigenvalue weighted by molar-refractivity contribution is 9.10. The summed E-state index contributed by atoms with van der Waals surface area (Å²) in [7, 11) is 0. The van der Waals surface area contributed by atoms with Crippen LogP contribution in [-0.2, 0) is 4.79 Å². The Bertz CT molecular complexity index is 947. The molecule has 0 fully saturated rings. The van der Waals surface area contributed by atoms with Crippen LogP contribution in [0.15, 0.2) is 46.2 Å². The van der Waals surface area contributed by atoms with Gasteiger partial charge in [-0.1, -0.05) is 45.7 Å². The van der Waals surface area contributed by atoms with Crippen LogP contribution in [0.1, 0.15) is 6.92 Å². The number of nitrogens with zero attached hydrogens (tertiary/aromatic N) is 2. The molecule has 7 heteroatoms. The molecule has 1 atom stereocenters. The predicted molar refractivity (Wildman–Crippen MR) is 108 cm³/mol. The molecule has 0 aliphatic heterocycles. The van der Waals surface area contributed by atoms with Gasteiger partial charge < -0.3 is 5.32 Å². The summed E-state index contributed by atoms with van der Waals surface area (Å²) in [6.07, 6.45) is 6.71. The number of aromatic nitrogens is 2. The average Bonchev–Trinajstić information content (AvgIpc) is 3.05. The van der Waals surface area contributed by atoms with E-state index in [1.807, 2.05) is 19.1 Å². The maximum absolute atomic E-state index is 12.0. The molecule has 3 rings (SSSR count). The number of rotatable bonds is 5. The first kappa shape index (κ1) is 17.9. The first-order valence-electron chi connectivity index (χ1n) is 7.47. The number of nitrogens with one attached hydrogen (secondary N) is 1. The summed E-state index contributed by atoms with van der Waals surface area (Å²) in [5.74, 6) is 2.31. The fraction of sp³-hybridized carbons (Fsp3) is 0.167. The Labute approximate surface area is 162 Å². The van der Waals surface area contributed by atoms with Crippen LogP contribution in [0.5, 0.6) is 0 Å². The highest BCUT2D eigenvalue weighted by Gasteiger charge is 2.18. The Morgan fingerprint density at radius 2 is 2.16 bits per heavy atom. The average molecular weight is 432 g/mol. The molecule has 25 heavy (non-hydrogen) atoms. The molecule has 126 valence electrons. The van der Waals surface area contributed by atoms with E-state index in [9.17, 15) is 4.79 Å². The van der Waals surface area contributed by atoms with Crippen molar-refractivity contribution in [3.8, 4) is 22.8 Å². The van der Waals surface area contributed by atoms with Crippen LogP contribution in [0.4, 0.5) is 0 Å². The molecule has 0 radical (unpaired) electrons. The van der Waals surface area contributed by atoms with Gasteiger partial charge in [-0.3, -0.25) is 4.79 Å². The Balaban J connectivity index is 1.88. The van der Waals surface area contributed by atoms with Crippen molar-refractivity contribution >= 4 is 55.2 Å². The molecule has 0 bridgehead atoms. The molecule has 0 saturated carbocycles. The van der Waals surface area contributed by atoms with Gasteiger partial charge in [0.15, 0.2) is 0 Å². The van der Waals surface area contributed by atoms with Crippen molar-refractivity contribution < 1.29 is 4.79 Å². The molecule has 2 heterocycles. The number of thioether (sulfide) groups is 1. The van der Waals surface area contributed by atoms with Crippen LogP contribution in [0.25, 0.3) is 20.7 Å². The molecular weight excluding hydrogens is 418 g/mol. The number of carbonyl (C=O) groups is 1. The van der Waals surface area contributed by atoms with Crippen molar-refractivity contribution in [3.05, 3.63) is 41.1 Å². The van der Waals surface area contributed by atoms with Gasteiger partial charge in [0.2, 0.25) is 5.91 Å². The van der Waals surface area contributed by atoms with Gasteiger partial charge in [-0.25, -0.2) is 9.97 Å². The second-order valence-electron chi connectivity index (χ2n) is 5.19. The largest absolute Gasteiger partial charge is 0.344 e. The Morgan fingerprint density at radius 3 is 2.88 bits per heavy atom. The third kappa shape index (κ3) is 4.21. The summed E-state index contributed by atoms with van der Waals surface area (Å²) < 4.78 is 2.03. The second kappa shape index (κ2) is 8.00. The third-order valence-corrected chi connectivity index (χ3v) is 6.37. The number of halogens is 1. The van der Waals surface area contributed by atoms with Crippen LogP contribution in [-0.4, -0.2) is 27.7 Å². The van der Waals surface area contributed by atoms with Crippen LogP contribution in [0, 0.1) is 12.3 Å². The lowest BCUT2D eigenvalue weighted by Gasteiger charge is -2.10. The number of hydrogen-bond acceptors (Lipinski definition) is 5. The fourth-order valence-corrected chi connectivity index (χ4v) is 4.56. The van der Waals surface area contributed by atoms with Crippen molar-refractivity contribution in [2.45, 2.75) is 17.2 Å². The zero-order valence-corrected chi connectivity index (χ0v) is 16.5. The Hall–Kier alpha value is -1.88. The molecule has 1 N–H and O–H groups in total. The van der Waals surface area contributed by atoms with E-state index in [-0.39, 0.29) is 17.7 Å². The molecule has 0 spiro atoms. The Morgan fingerprint density at radius 1 is 1.40 bits per heavy atom. The number of hydrogen-bond donors (Lipinski definition) is 1. The maximum atomic E-state index is 12.0. The van der Waals surface area contributed by atoms with Gasteiger partial charge in [0.25, 0.3) is 0 Å². The first-order chi connectivity index (χ1) is 12.1. The summed E-state index contributed by atoms with van der Waals surface area (Å²) >= 11 is 6.49. The van der Waals surface area contributed by atoms with Gasteiger partial charge in [-0.05, 0) is 30.7 Å². The molecule has 1 aromatic carbocycles. The smallest absolute Gasteiger partial charge is 0.234 e. The van der Waals surface area contributed by atoms with E-state index in [0.29, 0.717) is 0 Å². The molecule has 0 unspecified atom stereocenters. The Kier molecular flexibility index (Phi) is 5.74. The van der Waals surface area contributed by atoms with Gasteiger partial charge in [0.1, 0.15) is 11.4 Å². The van der Waals surface area contributed by atoms with Crippen LogP contribution in [0.2, 0.25) is 0 Å². The van der Waals surface area contributed by atoms with Crippen LogP contribution >= 0.6 is 39.0 Å². The molecule has 0 aliphatic rings. The minimum Gasteiger partial charge on any atom is -0.344 e. The lowest BCUT2D eigenvalue weighted by atomic mass is 10.2. The lowest BCUT2D eigenvalue weighted by molar-refractivity contribution is -0.120. The molecule has 1 amide bonds. The van der Waals surface area contributed by atoms with Crippen molar-refractivity contribution in [3.63, 3.8) is 0 Å². The number of benzene rings is 1. The maximum Gasteiger partial charge on any atom is 0.234 e. The summed E-state index contributed by atoms with van der Waals surface area (Å²) in [5.41, 5.74) is 2.01. The van der Waals surface area contributed by atoms with Crippen molar-refractivity contribution in [1.82, 2.24) is 15.3 Å². The summed E-state index contributed by atoms with van der Waals surface area (Å²) in [5, 5.41) is 3.22. The first-order valence-corrected chi connectivity index (χ1v) is 9.95. The van der Waals surface area contributed by atoms with Crippen LogP contribution in [0.3, 0.4) is 0 Å². The van der Waals surface area contributed by atoms with Gasteiger partial charge >= 0.3 is 0 Å². The molecular formula is C18H14BrN3OS2. The number of thiophene rings is 1. The van der Waals surface area contributed by atoms with E-state index in [1.54, 1.807) is 11.3 Å². The topological polar surface area (TPSA) is 54.9 Å². The van der Waals surface area contributed by atoms with E-state index in [0.717, 1.165) is 30.2 Å². The number of fused-ring (bicyclic) bond motifs is 1. The summed E-state index contributed by atoms with van der Waals surface area (Å²) in [4.78, 5) is 21.9. The molecule has 0 saturated heterocycles. The second-order valence-corrected chi connectivity index (χ2v) is 8.49. The normalized spacial score (nSPS) is 11.9. The van der Waals surface area contributed by atoms with E-state index in [1.165, 1.54) is 18.1 Å². The highest BCUT2D eigenvalue weighted by atomic mass is 79.9. The SMILES string of the molecule is C#CCNC(=O)[C@H](C)Sc1ncnc2cc(-c3ccc(Br)cc3)sc12. The lowest BCUT2D eigenvalue weighted by Crippen LogP contribution is -2.31. The standard InChI is InChI=1S/C18H14BrN3OS2/c1-3-8-20-17(23)11(2)24-18-16-14(21-10-22-18)9-15(25-16)12-4-6-13(19)7-5-12/h1,4-7,9-11H,8H2,2H3,(H,20,23)/t11-/m0/s1. The highest BCUT2D eigenvalue weighted by Crippen LogP contribution is 2.38. The number of carbonyl (C=O) groups excluding carboxylic acids is 1. The van der Waals surface area contributed by atoms with Crippen molar-refractivity contribution in [2.24, 2.45) is 0 Å². The van der Waals surface area contributed by atoms with Gasteiger partial charge in [-0.2, -0.15) is 0 Å². The molecule has 4 nitrogen and oxygen atoms in total. The molecule has 0 aliphatic carbocycles. The van der Waals surface area contributed by atoms with E-state index in [4.69, 9.17) is 6.42 Å². The van der Waals surface area contributed by atoms with E-state index < -0.39 is 0 Å². The quantitative estimate of drug-likeness (QED) is 0.370. The van der Waals surface area contributed by atoms with E-state index >= 15 is 0 Å². The molecule has 2 aromatic heterocycles. The summed E-state index contributed by atoms with van der Waals surface area (Å²) in [6, 6.07) is 10.2. The zero-order chi connectivity index (χ0) is 17.8. The van der Waals surface area contributed by atoms with Gasteiger partial charge in [-0.15, -0.1) is 17.8 Å². The van der Waals surface area contributed by atoms with Gasteiger partial charge in [0, 0.05) is 9.35 Å².